The lowest BCUT2D eigenvalue weighted by molar-refractivity contribution is 0.107. The Morgan fingerprint density at radius 3 is 2.57 bits per heavy atom. The van der Waals surface area contributed by atoms with Gasteiger partial charge < -0.3 is 0 Å². The van der Waals surface area contributed by atoms with Crippen molar-refractivity contribution in [2.24, 2.45) is 0 Å². The molecule has 3 heteroatoms. The molecule has 74 valence electrons. The average molecular weight is 209 g/mol. The van der Waals surface area contributed by atoms with Gasteiger partial charge in [-0.05, 0) is 25.0 Å². The van der Waals surface area contributed by atoms with E-state index >= 15 is 0 Å². The van der Waals surface area contributed by atoms with E-state index in [0.29, 0.717) is 11.7 Å². The first kappa shape index (κ1) is 11.1. The normalized spacial score (nSPS) is 11.1. The van der Waals surface area contributed by atoms with Crippen LogP contribution in [-0.4, -0.2) is 11.7 Å². The van der Waals surface area contributed by atoms with Crippen LogP contribution in [0.1, 0.15) is 29.3 Å². The number of carbonyl (C=O) groups is 1. The second-order valence-corrected chi connectivity index (χ2v) is 4.83. The van der Waals surface area contributed by atoms with Gasteiger partial charge in [-0.15, -0.1) is 0 Å². The summed E-state index contributed by atoms with van der Waals surface area (Å²) in [4.78, 5) is 11.7. The van der Waals surface area contributed by atoms with E-state index < -0.39 is 7.80 Å². The quantitative estimate of drug-likeness (QED) is 0.712. The maximum atomic E-state index is 11.7. The molecule has 0 saturated heterocycles. The molecule has 0 N–H and O–H groups in total. The Bertz CT molecular complexity index is 358. The van der Waals surface area contributed by atoms with Crippen molar-refractivity contribution >= 4 is 13.3 Å². The first-order valence-electron chi connectivity index (χ1n) is 4.71. The summed E-state index contributed by atoms with van der Waals surface area (Å²) in [7, 11) is -1.72. The predicted molar refractivity (Wildman–Crippen MR) is 58.3 cm³/mol. The SMILES string of the molecule is CCC[P+](=O)C(=O)c1ccccc1C. The lowest BCUT2D eigenvalue weighted by atomic mass is 10.1. The first-order chi connectivity index (χ1) is 6.66. The van der Waals surface area contributed by atoms with E-state index in [9.17, 15) is 9.36 Å². The summed E-state index contributed by atoms with van der Waals surface area (Å²) in [5, 5.41) is 0. The monoisotopic (exact) mass is 209 g/mol. The summed E-state index contributed by atoms with van der Waals surface area (Å²) in [5.41, 5.74) is 1.29. The molecule has 0 amide bonds. The molecule has 1 atom stereocenters. The van der Waals surface area contributed by atoms with E-state index in [2.05, 4.69) is 0 Å². The molecule has 1 unspecified atom stereocenters. The van der Waals surface area contributed by atoms with Crippen LogP contribution in [0.5, 0.6) is 0 Å². The van der Waals surface area contributed by atoms with Crippen molar-refractivity contribution in [1.82, 2.24) is 0 Å². The van der Waals surface area contributed by atoms with Gasteiger partial charge in [0.05, 0.1) is 5.56 Å². The van der Waals surface area contributed by atoms with Crippen molar-refractivity contribution in [3.63, 3.8) is 0 Å². The maximum absolute atomic E-state index is 11.7. The highest BCUT2D eigenvalue weighted by Gasteiger charge is 2.29. The van der Waals surface area contributed by atoms with Gasteiger partial charge in [0, 0.05) is 0 Å². The van der Waals surface area contributed by atoms with Gasteiger partial charge in [-0.3, -0.25) is 0 Å². The van der Waals surface area contributed by atoms with Crippen LogP contribution < -0.4 is 0 Å². The Balaban J connectivity index is 2.90. The van der Waals surface area contributed by atoms with Crippen LogP contribution in [0, 0.1) is 6.92 Å². The van der Waals surface area contributed by atoms with Gasteiger partial charge in [0.1, 0.15) is 0 Å². The third kappa shape index (κ3) is 2.49. The third-order valence-electron chi connectivity index (χ3n) is 2.03. The minimum Gasteiger partial charge on any atom is -0.234 e. The highest BCUT2D eigenvalue weighted by atomic mass is 31.1. The number of aryl methyl sites for hydroxylation is 1. The van der Waals surface area contributed by atoms with Crippen molar-refractivity contribution in [2.45, 2.75) is 20.3 Å². The molecule has 14 heavy (non-hydrogen) atoms. The fourth-order valence-electron chi connectivity index (χ4n) is 1.25. The number of hydrogen-bond donors (Lipinski definition) is 0. The molecule has 0 heterocycles. The molecular formula is C11H14O2P+. The Kier molecular flexibility index (Phi) is 3.97. The molecule has 0 radical (unpaired) electrons. The predicted octanol–water partition coefficient (Wildman–Crippen LogP) is 3.37. The fourth-order valence-corrected chi connectivity index (χ4v) is 2.38. The summed E-state index contributed by atoms with van der Waals surface area (Å²) in [5.74, 6) is 0. The summed E-state index contributed by atoms with van der Waals surface area (Å²) in [6, 6.07) is 7.28. The van der Waals surface area contributed by atoms with Crippen LogP contribution >= 0.6 is 7.80 Å². The molecule has 2 nitrogen and oxygen atoms in total. The second kappa shape index (κ2) is 5.02. The topological polar surface area (TPSA) is 34.1 Å². The average Bonchev–Trinajstić information content (AvgIpc) is 2.18. The van der Waals surface area contributed by atoms with E-state index in [1.54, 1.807) is 12.1 Å². The minimum absolute atomic E-state index is 0.208. The molecule has 1 aromatic rings. The number of hydrogen-bond acceptors (Lipinski definition) is 2. The second-order valence-electron chi connectivity index (χ2n) is 3.22. The van der Waals surface area contributed by atoms with Crippen molar-refractivity contribution in [3.05, 3.63) is 35.4 Å². The van der Waals surface area contributed by atoms with E-state index in [-0.39, 0.29) is 5.52 Å². The molecule has 0 bridgehead atoms. The van der Waals surface area contributed by atoms with Gasteiger partial charge in [0.15, 0.2) is 6.16 Å². The molecule has 0 aliphatic heterocycles. The van der Waals surface area contributed by atoms with Gasteiger partial charge in [0.25, 0.3) is 0 Å². The Morgan fingerprint density at radius 1 is 1.36 bits per heavy atom. The largest absolute Gasteiger partial charge is 0.420 e. The number of carbonyl (C=O) groups excluding carboxylic acids is 1. The van der Waals surface area contributed by atoms with Crippen LogP contribution in [0.15, 0.2) is 24.3 Å². The lowest BCUT2D eigenvalue weighted by Crippen LogP contribution is -1.97. The van der Waals surface area contributed by atoms with Crippen LogP contribution in [-0.2, 0) is 4.57 Å². The molecule has 0 aromatic heterocycles. The molecule has 0 spiro atoms. The highest BCUT2D eigenvalue weighted by molar-refractivity contribution is 7.64. The highest BCUT2D eigenvalue weighted by Crippen LogP contribution is 2.28. The molecule has 1 rings (SSSR count). The summed E-state index contributed by atoms with van der Waals surface area (Å²) in [6.45, 7) is 3.79. The smallest absolute Gasteiger partial charge is 0.234 e. The molecule has 0 aliphatic rings. The summed E-state index contributed by atoms with van der Waals surface area (Å²) < 4.78 is 11.5. The van der Waals surface area contributed by atoms with Crippen molar-refractivity contribution in [2.75, 3.05) is 6.16 Å². The van der Waals surface area contributed by atoms with Crippen LogP contribution in [0.2, 0.25) is 0 Å². The number of benzene rings is 1. The van der Waals surface area contributed by atoms with Crippen molar-refractivity contribution in [1.29, 1.82) is 0 Å². The third-order valence-corrected chi connectivity index (χ3v) is 3.58. The van der Waals surface area contributed by atoms with Gasteiger partial charge in [-0.2, -0.15) is 0 Å². The van der Waals surface area contributed by atoms with E-state index in [1.165, 1.54) is 0 Å². The maximum Gasteiger partial charge on any atom is 0.420 e. The van der Waals surface area contributed by atoms with Crippen LogP contribution in [0.25, 0.3) is 0 Å². The molecule has 1 aromatic carbocycles. The standard InChI is InChI=1S/C11H14O2P/c1-3-8-14(13)11(12)10-7-5-4-6-9(10)2/h4-7H,3,8H2,1-2H3/q+1. The molecule has 0 aliphatic carbocycles. The van der Waals surface area contributed by atoms with Gasteiger partial charge in [-0.1, -0.05) is 29.7 Å². The van der Waals surface area contributed by atoms with Crippen LogP contribution in [0.4, 0.5) is 0 Å². The van der Waals surface area contributed by atoms with E-state index in [4.69, 9.17) is 0 Å². The van der Waals surface area contributed by atoms with Gasteiger partial charge >= 0.3 is 13.3 Å². The molecular weight excluding hydrogens is 195 g/mol. The summed E-state index contributed by atoms with van der Waals surface area (Å²) >= 11 is 0. The Hall–Kier alpha value is -1.01. The zero-order chi connectivity index (χ0) is 10.6. The fraction of sp³-hybridized carbons (Fsp3) is 0.364. The van der Waals surface area contributed by atoms with Gasteiger partial charge in [-0.25, -0.2) is 4.79 Å². The molecule has 0 fully saturated rings. The Labute approximate surface area is 85.1 Å². The van der Waals surface area contributed by atoms with Crippen molar-refractivity contribution < 1.29 is 9.36 Å². The summed E-state index contributed by atoms with van der Waals surface area (Å²) in [6.07, 6.45) is 1.27. The van der Waals surface area contributed by atoms with Crippen LogP contribution in [0.3, 0.4) is 0 Å². The zero-order valence-electron chi connectivity index (χ0n) is 8.49. The van der Waals surface area contributed by atoms with Gasteiger partial charge in [0.2, 0.25) is 0 Å². The minimum atomic E-state index is -1.72. The van der Waals surface area contributed by atoms with Crippen molar-refractivity contribution in [3.8, 4) is 0 Å². The zero-order valence-corrected chi connectivity index (χ0v) is 9.38. The first-order valence-corrected chi connectivity index (χ1v) is 6.16. The molecule has 0 saturated carbocycles. The van der Waals surface area contributed by atoms with E-state index in [1.807, 2.05) is 26.0 Å². The lowest BCUT2D eigenvalue weighted by Gasteiger charge is -1.95. The Morgan fingerprint density at radius 2 is 2.00 bits per heavy atom. The number of rotatable bonds is 4. The van der Waals surface area contributed by atoms with E-state index in [0.717, 1.165) is 12.0 Å².